The van der Waals surface area contributed by atoms with Crippen molar-refractivity contribution in [1.29, 1.82) is 0 Å². The molecule has 0 aliphatic carbocycles. The second-order valence-corrected chi connectivity index (χ2v) is 6.86. The van der Waals surface area contributed by atoms with Crippen molar-refractivity contribution in [2.75, 3.05) is 23.7 Å². The van der Waals surface area contributed by atoms with Crippen LogP contribution in [0, 0.1) is 6.92 Å². The summed E-state index contributed by atoms with van der Waals surface area (Å²) in [4.78, 5) is 26.2. The topological polar surface area (TPSA) is 87.5 Å². The number of urea groups is 1. The maximum atomic E-state index is 12.9. The van der Waals surface area contributed by atoms with Gasteiger partial charge in [0, 0.05) is 18.3 Å². The number of halogens is 3. The van der Waals surface area contributed by atoms with E-state index < -0.39 is 23.7 Å². The number of hydrogen-bond acceptors (Lipinski definition) is 4. The first kappa shape index (κ1) is 23.2. The number of aryl methyl sites for hydroxylation is 1. The van der Waals surface area contributed by atoms with Crippen LogP contribution in [0.5, 0.6) is 0 Å². The Bertz CT molecular complexity index is 852. The maximum absolute atomic E-state index is 12.9. The van der Waals surface area contributed by atoms with Gasteiger partial charge in [0.2, 0.25) is 5.91 Å². The summed E-state index contributed by atoms with van der Waals surface area (Å²) < 4.78 is 43.6. The molecule has 2 aromatic rings. The summed E-state index contributed by atoms with van der Waals surface area (Å²) >= 11 is 0. The molecule has 7 nitrogen and oxygen atoms in total. The zero-order valence-corrected chi connectivity index (χ0v) is 16.9. The van der Waals surface area contributed by atoms with Crippen molar-refractivity contribution < 1.29 is 27.3 Å². The van der Waals surface area contributed by atoms with Gasteiger partial charge < -0.3 is 20.1 Å². The average Bonchev–Trinajstić information content (AvgIpc) is 3.08. The van der Waals surface area contributed by atoms with E-state index in [1.807, 2.05) is 6.92 Å². The van der Waals surface area contributed by atoms with Gasteiger partial charge in [-0.2, -0.15) is 13.2 Å². The summed E-state index contributed by atoms with van der Waals surface area (Å²) in [7, 11) is 0. The van der Waals surface area contributed by atoms with Gasteiger partial charge in [-0.3, -0.25) is 4.79 Å². The van der Waals surface area contributed by atoms with Crippen LogP contribution < -0.4 is 10.6 Å². The SMILES string of the molecule is CCCCCCN(CC(=O)Nc1cc(C)on1)C(=O)Nc1cccc(C(F)(F)F)c1. The lowest BCUT2D eigenvalue weighted by Gasteiger charge is -2.22. The molecule has 0 bridgehead atoms. The van der Waals surface area contributed by atoms with E-state index in [1.165, 1.54) is 23.1 Å². The molecule has 0 saturated heterocycles. The number of amides is 3. The smallest absolute Gasteiger partial charge is 0.360 e. The third-order valence-corrected chi connectivity index (χ3v) is 4.24. The van der Waals surface area contributed by atoms with Crippen LogP contribution >= 0.6 is 0 Å². The largest absolute Gasteiger partial charge is 0.416 e. The molecule has 0 radical (unpaired) electrons. The first-order valence-corrected chi connectivity index (χ1v) is 9.65. The summed E-state index contributed by atoms with van der Waals surface area (Å²) in [5.74, 6) is 0.253. The van der Waals surface area contributed by atoms with Crippen molar-refractivity contribution in [2.24, 2.45) is 0 Å². The molecule has 164 valence electrons. The number of aromatic nitrogens is 1. The Labute approximate surface area is 172 Å². The van der Waals surface area contributed by atoms with Gasteiger partial charge in [-0.25, -0.2) is 4.79 Å². The summed E-state index contributed by atoms with van der Waals surface area (Å²) in [6, 6.07) is 5.23. The van der Waals surface area contributed by atoms with Crippen molar-refractivity contribution in [3.8, 4) is 0 Å². The number of hydrogen-bond donors (Lipinski definition) is 2. The van der Waals surface area contributed by atoms with Gasteiger partial charge in [-0.05, 0) is 31.5 Å². The van der Waals surface area contributed by atoms with Gasteiger partial charge in [-0.15, -0.1) is 0 Å². The number of carbonyl (C=O) groups excluding carboxylic acids is 2. The Morgan fingerprint density at radius 3 is 2.53 bits per heavy atom. The summed E-state index contributed by atoms with van der Waals surface area (Å²) in [5.41, 5.74) is -0.866. The van der Waals surface area contributed by atoms with E-state index in [2.05, 4.69) is 15.8 Å². The lowest BCUT2D eigenvalue weighted by atomic mass is 10.2. The number of carbonyl (C=O) groups is 2. The third-order valence-electron chi connectivity index (χ3n) is 4.24. The summed E-state index contributed by atoms with van der Waals surface area (Å²) in [6.07, 6.45) is -1.000. The number of nitrogens with zero attached hydrogens (tertiary/aromatic N) is 2. The molecule has 1 aromatic heterocycles. The van der Waals surface area contributed by atoms with Gasteiger partial charge in [0.05, 0.1) is 5.56 Å². The normalized spacial score (nSPS) is 11.2. The number of nitrogens with one attached hydrogen (secondary N) is 2. The quantitative estimate of drug-likeness (QED) is 0.549. The second-order valence-electron chi connectivity index (χ2n) is 6.86. The number of benzene rings is 1. The Balaban J connectivity index is 2.05. The minimum Gasteiger partial charge on any atom is -0.360 e. The molecule has 2 N–H and O–H groups in total. The maximum Gasteiger partial charge on any atom is 0.416 e. The first-order valence-electron chi connectivity index (χ1n) is 9.65. The highest BCUT2D eigenvalue weighted by molar-refractivity contribution is 5.96. The van der Waals surface area contributed by atoms with E-state index in [0.29, 0.717) is 12.2 Å². The molecule has 0 aliphatic rings. The van der Waals surface area contributed by atoms with E-state index in [-0.39, 0.29) is 24.6 Å². The molecule has 0 saturated carbocycles. The third kappa shape index (κ3) is 7.41. The molecule has 0 fully saturated rings. The monoisotopic (exact) mass is 426 g/mol. The first-order chi connectivity index (χ1) is 14.2. The van der Waals surface area contributed by atoms with E-state index in [0.717, 1.165) is 31.4 Å². The molecule has 0 aliphatic heterocycles. The van der Waals surface area contributed by atoms with Crippen LogP contribution in [0.15, 0.2) is 34.9 Å². The van der Waals surface area contributed by atoms with Crippen LogP contribution in [0.2, 0.25) is 0 Å². The molecule has 30 heavy (non-hydrogen) atoms. The van der Waals surface area contributed by atoms with Crippen LogP contribution in [-0.4, -0.2) is 35.1 Å². The van der Waals surface area contributed by atoms with Crippen LogP contribution in [-0.2, 0) is 11.0 Å². The number of alkyl halides is 3. The van der Waals surface area contributed by atoms with Crippen molar-refractivity contribution in [2.45, 2.75) is 45.7 Å². The highest BCUT2D eigenvalue weighted by atomic mass is 19.4. The molecule has 2 rings (SSSR count). The molecule has 0 atom stereocenters. The Kier molecular flexibility index (Phi) is 8.25. The molecule has 3 amide bonds. The van der Waals surface area contributed by atoms with Gasteiger partial charge in [0.1, 0.15) is 12.3 Å². The number of unbranched alkanes of at least 4 members (excludes halogenated alkanes) is 3. The zero-order chi connectivity index (χ0) is 22.1. The average molecular weight is 426 g/mol. The van der Waals surface area contributed by atoms with Crippen molar-refractivity contribution in [3.63, 3.8) is 0 Å². The predicted molar refractivity (Wildman–Crippen MR) is 106 cm³/mol. The minimum absolute atomic E-state index is 0.000849. The van der Waals surface area contributed by atoms with Crippen LogP contribution in [0.3, 0.4) is 0 Å². The van der Waals surface area contributed by atoms with E-state index in [9.17, 15) is 22.8 Å². The molecule has 1 heterocycles. The van der Waals surface area contributed by atoms with Crippen molar-refractivity contribution in [1.82, 2.24) is 10.1 Å². The van der Waals surface area contributed by atoms with Crippen LogP contribution in [0.1, 0.15) is 43.9 Å². The van der Waals surface area contributed by atoms with Gasteiger partial charge in [0.25, 0.3) is 0 Å². The highest BCUT2D eigenvalue weighted by Crippen LogP contribution is 2.30. The number of rotatable bonds is 9. The van der Waals surface area contributed by atoms with Gasteiger partial charge >= 0.3 is 12.2 Å². The second kappa shape index (κ2) is 10.7. The molecule has 1 aromatic carbocycles. The fourth-order valence-electron chi connectivity index (χ4n) is 2.74. The van der Waals surface area contributed by atoms with Crippen LogP contribution in [0.25, 0.3) is 0 Å². The molecule has 10 heteroatoms. The molecule has 0 spiro atoms. The van der Waals surface area contributed by atoms with Crippen LogP contribution in [0.4, 0.5) is 29.5 Å². The van der Waals surface area contributed by atoms with Gasteiger partial charge in [-0.1, -0.05) is 37.4 Å². The Morgan fingerprint density at radius 2 is 1.90 bits per heavy atom. The summed E-state index contributed by atoms with van der Waals surface area (Å²) in [6.45, 7) is 3.73. The lowest BCUT2D eigenvalue weighted by molar-refractivity contribution is -0.137. The zero-order valence-electron chi connectivity index (χ0n) is 16.9. The molecular weight excluding hydrogens is 401 g/mol. The minimum atomic E-state index is -4.52. The fourth-order valence-corrected chi connectivity index (χ4v) is 2.74. The predicted octanol–water partition coefficient (Wildman–Crippen LogP) is 5.05. The molecule has 0 unspecified atom stereocenters. The molecular formula is C20H25F3N4O3. The van der Waals surface area contributed by atoms with Crippen molar-refractivity contribution in [3.05, 3.63) is 41.7 Å². The van der Waals surface area contributed by atoms with E-state index in [1.54, 1.807) is 6.92 Å². The summed E-state index contributed by atoms with van der Waals surface area (Å²) in [5, 5.41) is 8.63. The fraction of sp³-hybridized carbons (Fsp3) is 0.450. The Hall–Kier alpha value is -3.04. The van der Waals surface area contributed by atoms with Crippen molar-refractivity contribution >= 4 is 23.4 Å². The Morgan fingerprint density at radius 1 is 1.13 bits per heavy atom. The van der Waals surface area contributed by atoms with Gasteiger partial charge in [0.15, 0.2) is 5.82 Å². The van der Waals surface area contributed by atoms with E-state index in [4.69, 9.17) is 4.52 Å². The van der Waals surface area contributed by atoms with E-state index >= 15 is 0 Å². The lowest BCUT2D eigenvalue weighted by Crippen LogP contribution is -2.41. The standard InChI is InChI=1S/C20H25F3N4O3/c1-3-4-5-6-10-27(13-18(28)25-17-11-14(2)30-26-17)19(29)24-16-9-7-8-15(12-16)20(21,22)23/h7-9,11-12H,3-6,10,13H2,1-2H3,(H,24,29)(H,25,26,28). The highest BCUT2D eigenvalue weighted by Gasteiger charge is 2.30. The number of anilines is 2.